The fraction of sp³-hybridized carbons (Fsp3) is 0.263. The molecule has 0 radical (unpaired) electrons. The molecule has 0 bridgehead atoms. The lowest BCUT2D eigenvalue weighted by Crippen LogP contribution is -2.18. The highest BCUT2D eigenvalue weighted by molar-refractivity contribution is 6.01. The normalized spacial score (nSPS) is 10.0. The summed E-state index contributed by atoms with van der Waals surface area (Å²) in [5.74, 6) is 0.142. The third-order valence-corrected chi connectivity index (χ3v) is 3.45. The van der Waals surface area contributed by atoms with E-state index in [0.29, 0.717) is 24.4 Å². The maximum absolute atomic E-state index is 12.1. The van der Waals surface area contributed by atoms with Crippen LogP contribution in [0.25, 0.3) is 0 Å². The first-order valence-corrected chi connectivity index (χ1v) is 8.08. The maximum Gasteiger partial charge on any atom is 0.339 e. The molecule has 0 fully saturated rings. The van der Waals surface area contributed by atoms with Crippen molar-refractivity contribution in [1.29, 1.82) is 0 Å². The summed E-state index contributed by atoms with van der Waals surface area (Å²) in [6, 6.07) is 14.3. The zero-order chi connectivity index (χ0) is 18.1. The standard InChI is InChI=1S/C19H22N2O4/c1-3-25-15-10-8-14(9-11-15)20-13-12-18(22)21-17-7-5-4-6-16(17)19(23)24-2/h4-11,20H,3,12-13H2,1-2H3,(H,21,22). The lowest BCUT2D eigenvalue weighted by Gasteiger charge is -2.11. The van der Waals surface area contributed by atoms with Crippen LogP contribution in [0.4, 0.5) is 11.4 Å². The number of nitrogens with one attached hydrogen (secondary N) is 2. The minimum absolute atomic E-state index is 0.185. The van der Waals surface area contributed by atoms with Gasteiger partial charge in [0.05, 0.1) is 25.0 Å². The van der Waals surface area contributed by atoms with Crippen molar-refractivity contribution in [3.05, 3.63) is 54.1 Å². The summed E-state index contributed by atoms with van der Waals surface area (Å²) < 4.78 is 10.1. The Kier molecular flexibility index (Phi) is 6.83. The molecule has 6 nitrogen and oxygen atoms in total. The van der Waals surface area contributed by atoms with E-state index in [1.807, 2.05) is 31.2 Å². The van der Waals surface area contributed by atoms with Gasteiger partial charge in [0.15, 0.2) is 0 Å². The Morgan fingerprint density at radius 3 is 2.44 bits per heavy atom. The number of ether oxygens (including phenoxy) is 2. The molecule has 0 aliphatic carbocycles. The van der Waals surface area contributed by atoms with Gasteiger partial charge in [0.25, 0.3) is 0 Å². The summed E-state index contributed by atoms with van der Waals surface area (Å²) in [6.07, 6.45) is 0.267. The predicted molar refractivity (Wildman–Crippen MR) is 97.1 cm³/mol. The third kappa shape index (κ3) is 5.53. The molecule has 1 amide bonds. The van der Waals surface area contributed by atoms with Crippen molar-refractivity contribution in [1.82, 2.24) is 0 Å². The zero-order valence-electron chi connectivity index (χ0n) is 14.4. The van der Waals surface area contributed by atoms with E-state index in [2.05, 4.69) is 10.6 Å². The number of hydrogen-bond acceptors (Lipinski definition) is 5. The second-order valence-corrected chi connectivity index (χ2v) is 5.22. The molecule has 0 atom stereocenters. The number of benzene rings is 2. The van der Waals surface area contributed by atoms with E-state index in [1.54, 1.807) is 24.3 Å². The number of rotatable bonds is 8. The van der Waals surface area contributed by atoms with E-state index in [0.717, 1.165) is 11.4 Å². The van der Waals surface area contributed by atoms with Crippen molar-refractivity contribution < 1.29 is 19.1 Å². The van der Waals surface area contributed by atoms with Crippen LogP contribution < -0.4 is 15.4 Å². The molecule has 0 saturated carbocycles. The molecule has 132 valence electrons. The minimum Gasteiger partial charge on any atom is -0.494 e. The summed E-state index contributed by atoms with van der Waals surface area (Å²) in [4.78, 5) is 23.8. The fourth-order valence-corrected chi connectivity index (χ4v) is 2.25. The van der Waals surface area contributed by atoms with Crippen molar-refractivity contribution in [2.45, 2.75) is 13.3 Å². The molecular weight excluding hydrogens is 320 g/mol. The zero-order valence-corrected chi connectivity index (χ0v) is 14.4. The van der Waals surface area contributed by atoms with Gasteiger partial charge < -0.3 is 20.1 Å². The van der Waals surface area contributed by atoms with E-state index in [4.69, 9.17) is 9.47 Å². The van der Waals surface area contributed by atoms with Crippen LogP contribution in [0.1, 0.15) is 23.7 Å². The van der Waals surface area contributed by atoms with E-state index in [-0.39, 0.29) is 12.3 Å². The topological polar surface area (TPSA) is 76.7 Å². The molecule has 25 heavy (non-hydrogen) atoms. The van der Waals surface area contributed by atoms with Crippen LogP contribution in [-0.4, -0.2) is 32.1 Å². The second-order valence-electron chi connectivity index (χ2n) is 5.22. The number of para-hydroxylation sites is 1. The van der Waals surface area contributed by atoms with Gasteiger partial charge in [-0.15, -0.1) is 0 Å². The average Bonchev–Trinajstić information content (AvgIpc) is 2.63. The quantitative estimate of drug-likeness (QED) is 0.720. The average molecular weight is 342 g/mol. The van der Waals surface area contributed by atoms with Crippen LogP contribution in [-0.2, 0) is 9.53 Å². The van der Waals surface area contributed by atoms with Gasteiger partial charge in [0.2, 0.25) is 5.91 Å². The predicted octanol–water partition coefficient (Wildman–Crippen LogP) is 3.31. The highest BCUT2D eigenvalue weighted by atomic mass is 16.5. The van der Waals surface area contributed by atoms with Crippen molar-refractivity contribution in [3.63, 3.8) is 0 Å². The van der Waals surface area contributed by atoms with E-state index in [9.17, 15) is 9.59 Å². The summed E-state index contributed by atoms with van der Waals surface area (Å²) in [5.41, 5.74) is 1.68. The van der Waals surface area contributed by atoms with Crippen LogP contribution in [0.3, 0.4) is 0 Å². The summed E-state index contributed by atoms with van der Waals surface area (Å²) >= 11 is 0. The Bertz CT molecular complexity index is 714. The van der Waals surface area contributed by atoms with Crippen LogP contribution in [0.2, 0.25) is 0 Å². The highest BCUT2D eigenvalue weighted by Crippen LogP contribution is 2.17. The van der Waals surface area contributed by atoms with Crippen LogP contribution in [0.15, 0.2) is 48.5 Å². The number of anilines is 2. The molecule has 2 N–H and O–H groups in total. The van der Waals surface area contributed by atoms with Gasteiger partial charge >= 0.3 is 5.97 Å². The molecule has 2 aromatic rings. The number of amides is 1. The van der Waals surface area contributed by atoms with Gasteiger partial charge in [-0.2, -0.15) is 0 Å². The van der Waals surface area contributed by atoms with Crippen molar-refractivity contribution in [2.24, 2.45) is 0 Å². The minimum atomic E-state index is -0.483. The number of carbonyl (C=O) groups excluding carboxylic acids is 2. The van der Waals surface area contributed by atoms with Crippen LogP contribution in [0.5, 0.6) is 5.75 Å². The van der Waals surface area contributed by atoms with Gasteiger partial charge in [-0.05, 0) is 43.3 Å². The lowest BCUT2D eigenvalue weighted by atomic mass is 10.1. The summed E-state index contributed by atoms with van der Waals surface area (Å²) in [6.45, 7) is 3.03. The third-order valence-electron chi connectivity index (χ3n) is 3.45. The number of carbonyl (C=O) groups is 2. The number of esters is 1. The molecule has 0 aliphatic heterocycles. The second kappa shape index (κ2) is 9.32. The number of methoxy groups -OCH3 is 1. The SMILES string of the molecule is CCOc1ccc(NCCC(=O)Nc2ccccc2C(=O)OC)cc1. The molecule has 0 spiro atoms. The van der Waals surface area contributed by atoms with Crippen LogP contribution in [0, 0.1) is 0 Å². The molecule has 2 aromatic carbocycles. The van der Waals surface area contributed by atoms with E-state index in [1.165, 1.54) is 7.11 Å². The first-order chi connectivity index (χ1) is 12.1. The Morgan fingerprint density at radius 2 is 1.76 bits per heavy atom. The monoisotopic (exact) mass is 342 g/mol. The van der Waals surface area contributed by atoms with Crippen molar-refractivity contribution in [3.8, 4) is 5.75 Å². The fourth-order valence-electron chi connectivity index (χ4n) is 2.25. The highest BCUT2D eigenvalue weighted by Gasteiger charge is 2.12. The molecule has 0 heterocycles. The molecule has 0 aromatic heterocycles. The van der Waals surface area contributed by atoms with Gasteiger partial charge in [-0.1, -0.05) is 12.1 Å². The first-order valence-electron chi connectivity index (χ1n) is 8.08. The maximum atomic E-state index is 12.1. The molecule has 0 aliphatic rings. The van der Waals surface area contributed by atoms with Crippen LogP contribution >= 0.6 is 0 Å². The Hall–Kier alpha value is -3.02. The summed E-state index contributed by atoms with van der Waals surface area (Å²) in [7, 11) is 1.31. The van der Waals surface area contributed by atoms with Gasteiger partial charge in [0, 0.05) is 18.7 Å². The molecule has 0 unspecified atom stereocenters. The molecular formula is C19H22N2O4. The largest absolute Gasteiger partial charge is 0.494 e. The van der Waals surface area contributed by atoms with Crippen molar-refractivity contribution in [2.75, 3.05) is 30.9 Å². The van der Waals surface area contributed by atoms with Gasteiger partial charge in [-0.25, -0.2) is 4.79 Å². The van der Waals surface area contributed by atoms with E-state index >= 15 is 0 Å². The van der Waals surface area contributed by atoms with Crippen molar-refractivity contribution >= 4 is 23.3 Å². The Balaban J connectivity index is 1.84. The van der Waals surface area contributed by atoms with Gasteiger partial charge in [-0.3, -0.25) is 4.79 Å². The number of hydrogen-bond donors (Lipinski definition) is 2. The van der Waals surface area contributed by atoms with E-state index < -0.39 is 5.97 Å². The summed E-state index contributed by atoms with van der Waals surface area (Å²) in [5, 5.41) is 5.91. The molecule has 0 saturated heterocycles. The molecule has 6 heteroatoms. The molecule has 2 rings (SSSR count). The smallest absolute Gasteiger partial charge is 0.339 e. The van der Waals surface area contributed by atoms with Gasteiger partial charge in [0.1, 0.15) is 5.75 Å². The first kappa shape index (κ1) is 18.3. The Morgan fingerprint density at radius 1 is 1.04 bits per heavy atom. The lowest BCUT2D eigenvalue weighted by molar-refractivity contribution is -0.115. The Labute approximate surface area is 147 Å².